The van der Waals surface area contributed by atoms with Gasteiger partial charge in [0, 0.05) is 19.1 Å². The molecule has 4 nitrogen and oxygen atoms in total. The largest absolute Gasteiger partial charge is 0.396 e. The molecule has 0 aromatic rings. The summed E-state index contributed by atoms with van der Waals surface area (Å²) in [6, 6.07) is 0. The van der Waals surface area contributed by atoms with Gasteiger partial charge in [-0.05, 0) is 44.1 Å². The van der Waals surface area contributed by atoms with Gasteiger partial charge in [-0.3, -0.25) is 4.79 Å². The molecule has 0 aromatic carbocycles. The number of hydrogen-bond acceptors (Lipinski definition) is 3. The lowest BCUT2D eigenvalue weighted by atomic mass is 9.78. The van der Waals surface area contributed by atoms with E-state index in [0.717, 1.165) is 38.5 Å². The zero-order valence-electron chi connectivity index (χ0n) is 12.2. The molecule has 0 aliphatic heterocycles. The van der Waals surface area contributed by atoms with Gasteiger partial charge in [0.15, 0.2) is 0 Å². The molecule has 1 rings (SSSR count). The molecule has 112 valence electrons. The third kappa shape index (κ3) is 5.49. The smallest absolute Gasteiger partial charge is 0.223 e. The molecule has 0 saturated heterocycles. The first kappa shape index (κ1) is 16.4. The van der Waals surface area contributed by atoms with Crippen LogP contribution < -0.4 is 11.1 Å². The van der Waals surface area contributed by atoms with Gasteiger partial charge in [0.05, 0.1) is 0 Å². The van der Waals surface area contributed by atoms with Gasteiger partial charge < -0.3 is 16.2 Å². The molecule has 1 amide bonds. The van der Waals surface area contributed by atoms with Crippen molar-refractivity contribution in [3.05, 3.63) is 0 Å². The lowest BCUT2D eigenvalue weighted by Gasteiger charge is -2.30. The van der Waals surface area contributed by atoms with Crippen LogP contribution in [0.5, 0.6) is 0 Å². The van der Waals surface area contributed by atoms with Crippen LogP contribution in [0.1, 0.15) is 51.9 Å². The van der Waals surface area contributed by atoms with Gasteiger partial charge >= 0.3 is 0 Å². The van der Waals surface area contributed by atoms with E-state index < -0.39 is 0 Å². The number of nitrogens with two attached hydrogens (primary N) is 1. The number of aliphatic hydroxyl groups is 1. The summed E-state index contributed by atoms with van der Waals surface area (Å²) >= 11 is 0. The third-order valence-corrected chi connectivity index (χ3v) is 4.35. The van der Waals surface area contributed by atoms with Gasteiger partial charge in [-0.1, -0.05) is 26.2 Å². The maximum Gasteiger partial charge on any atom is 0.223 e. The molecule has 1 saturated carbocycles. The molecule has 19 heavy (non-hydrogen) atoms. The second-order valence-corrected chi connectivity index (χ2v) is 5.80. The fourth-order valence-electron chi connectivity index (χ4n) is 3.15. The summed E-state index contributed by atoms with van der Waals surface area (Å²) in [5.41, 5.74) is 5.77. The van der Waals surface area contributed by atoms with Crippen molar-refractivity contribution in [1.29, 1.82) is 0 Å². The molecule has 0 bridgehead atoms. The predicted molar refractivity (Wildman–Crippen MR) is 77.6 cm³/mol. The van der Waals surface area contributed by atoms with Gasteiger partial charge in [-0.15, -0.1) is 0 Å². The van der Waals surface area contributed by atoms with Crippen molar-refractivity contribution >= 4 is 5.91 Å². The first-order valence-corrected chi connectivity index (χ1v) is 7.81. The molecule has 3 unspecified atom stereocenters. The number of rotatable bonds is 8. The molecule has 0 heterocycles. The maximum absolute atomic E-state index is 12.3. The van der Waals surface area contributed by atoms with E-state index in [1.54, 1.807) is 0 Å². The summed E-state index contributed by atoms with van der Waals surface area (Å²) in [6.07, 6.45) is 7.34. The van der Waals surface area contributed by atoms with Crippen LogP contribution in [0.3, 0.4) is 0 Å². The van der Waals surface area contributed by atoms with Crippen molar-refractivity contribution in [2.24, 2.45) is 23.5 Å². The number of carbonyl (C=O) groups excluding carboxylic acids is 1. The Balaban J connectivity index is 2.39. The second kappa shape index (κ2) is 9.32. The first-order chi connectivity index (χ1) is 9.22. The summed E-state index contributed by atoms with van der Waals surface area (Å²) in [5.74, 6) is 1.04. The van der Waals surface area contributed by atoms with E-state index in [1.165, 1.54) is 6.42 Å². The van der Waals surface area contributed by atoms with Crippen molar-refractivity contribution in [2.45, 2.75) is 51.9 Å². The van der Waals surface area contributed by atoms with E-state index in [4.69, 9.17) is 10.8 Å². The van der Waals surface area contributed by atoms with E-state index in [1.807, 2.05) is 0 Å². The van der Waals surface area contributed by atoms with Crippen LogP contribution in [0.4, 0.5) is 0 Å². The predicted octanol–water partition coefficient (Wildman–Crippen LogP) is 1.67. The molecule has 0 spiro atoms. The van der Waals surface area contributed by atoms with Crippen LogP contribution in [0.2, 0.25) is 0 Å². The zero-order valence-corrected chi connectivity index (χ0v) is 12.2. The summed E-state index contributed by atoms with van der Waals surface area (Å²) in [7, 11) is 0. The Hall–Kier alpha value is -0.610. The first-order valence-electron chi connectivity index (χ1n) is 7.81. The fraction of sp³-hybridized carbons (Fsp3) is 0.933. The molecule has 1 fully saturated rings. The minimum absolute atomic E-state index is 0.107. The standard InChI is InChI=1S/C15H30N2O2/c1-2-5-12(8-9-18)11-17-15(19)14-7-4-3-6-13(14)10-16/h12-14,18H,2-11,16H2,1H3,(H,17,19). The topological polar surface area (TPSA) is 75.3 Å². The summed E-state index contributed by atoms with van der Waals surface area (Å²) in [6.45, 7) is 3.65. The third-order valence-electron chi connectivity index (χ3n) is 4.35. The van der Waals surface area contributed by atoms with Gasteiger partial charge in [0.25, 0.3) is 0 Å². The Morgan fingerprint density at radius 1 is 1.37 bits per heavy atom. The Bertz CT molecular complexity index is 253. The zero-order chi connectivity index (χ0) is 14.1. The highest BCUT2D eigenvalue weighted by molar-refractivity contribution is 5.79. The minimum Gasteiger partial charge on any atom is -0.396 e. The van der Waals surface area contributed by atoms with Gasteiger partial charge in [-0.25, -0.2) is 0 Å². The van der Waals surface area contributed by atoms with Crippen molar-refractivity contribution in [2.75, 3.05) is 19.7 Å². The number of nitrogens with one attached hydrogen (secondary N) is 1. The van der Waals surface area contributed by atoms with E-state index in [2.05, 4.69) is 12.2 Å². The number of hydrogen-bond donors (Lipinski definition) is 3. The quantitative estimate of drug-likeness (QED) is 0.628. The SMILES string of the molecule is CCCC(CCO)CNC(=O)C1CCCCC1CN. The highest BCUT2D eigenvalue weighted by atomic mass is 16.3. The monoisotopic (exact) mass is 270 g/mol. The van der Waals surface area contributed by atoms with Gasteiger partial charge in [0.2, 0.25) is 5.91 Å². The molecule has 0 radical (unpaired) electrons. The molecule has 4 N–H and O–H groups in total. The van der Waals surface area contributed by atoms with E-state index in [-0.39, 0.29) is 18.4 Å². The lowest BCUT2D eigenvalue weighted by Crippen LogP contribution is -2.41. The molecule has 1 aliphatic carbocycles. The van der Waals surface area contributed by atoms with Crippen LogP contribution >= 0.6 is 0 Å². The Kier molecular flexibility index (Phi) is 8.07. The Labute approximate surface area is 117 Å². The van der Waals surface area contributed by atoms with Crippen molar-refractivity contribution in [3.8, 4) is 0 Å². The van der Waals surface area contributed by atoms with Crippen LogP contribution in [-0.2, 0) is 4.79 Å². The molecular formula is C15H30N2O2. The van der Waals surface area contributed by atoms with Crippen LogP contribution in [-0.4, -0.2) is 30.7 Å². The molecular weight excluding hydrogens is 240 g/mol. The summed E-state index contributed by atoms with van der Waals surface area (Å²) < 4.78 is 0. The maximum atomic E-state index is 12.3. The van der Waals surface area contributed by atoms with Crippen LogP contribution in [0.25, 0.3) is 0 Å². The average molecular weight is 270 g/mol. The second-order valence-electron chi connectivity index (χ2n) is 5.80. The molecule has 3 atom stereocenters. The van der Waals surface area contributed by atoms with E-state index in [0.29, 0.717) is 24.9 Å². The molecule has 0 aromatic heterocycles. The minimum atomic E-state index is 0.107. The van der Waals surface area contributed by atoms with E-state index in [9.17, 15) is 4.79 Å². The Morgan fingerprint density at radius 2 is 2.11 bits per heavy atom. The highest BCUT2D eigenvalue weighted by Gasteiger charge is 2.29. The average Bonchev–Trinajstić information content (AvgIpc) is 2.44. The van der Waals surface area contributed by atoms with Crippen LogP contribution in [0, 0.1) is 17.8 Å². The number of amides is 1. The molecule has 1 aliphatic rings. The van der Waals surface area contributed by atoms with Crippen molar-refractivity contribution < 1.29 is 9.90 Å². The number of carbonyl (C=O) groups is 1. The van der Waals surface area contributed by atoms with Crippen molar-refractivity contribution in [3.63, 3.8) is 0 Å². The fourth-order valence-corrected chi connectivity index (χ4v) is 3.15. The van der Waals surface area contributed by atoms with E-state index >= 15 is 0 Å². The number of aliphatic hydroxyl groups excluding tert-OH is 1. The van der Waals surface area contributed by atoms with Crippen LogP contribution in [0.15, 0.2) is 0 Å². The lowest BCUT2D eigenvalue weighted by molar-refractivity contribution is -0.127. The summed E-state index contributed by atoms with van der Waals surface area (Å²) in [4.78, 5) is 12.3. The Morgan fingerprint density at radius 3 is 2.74 bits per heavy atom. The highest BCUT2D eigenvalue weighted by Crippen LogP contribution is 2.29. The molecule has 4 heteroatoms. The normalized spacial score (nSPS) is 25.0. The van der Waals surface area contributed by atoms with Gasteiger partial charge in [-0.2, -0.15) is 0 Å². The summed E-state index contributed by atoms with van der Waals surface area (Å²) in [5, 5.41) is 12.1. The van der Waals surface area contributed by atoms with Gasteiger partial charge in [0.1, 0.15) is 0 Å². The van der Waals surface area contributed by atoms with Crippen molar-refractivity contribution in [1.82, 2.24) is 5.32 Å².